The van der Waals surface area contributed by atoms with Crippen molar-refractivity contribution < 1.29 is 9.59 Å². The molecule has 24 heavy (non-hydrogen) atoms. The van der Waals surface area contributed by atoms with E-state index in [-0.39, 0.29) is 11.7 Å². The molecule has 0 aliphatic heterocycles. The van der Waals surface area contributed by atoms with Crippen molar-refractivity contribution in [2.75, 3.05) is 20.6 Å². The van der Waals surface area contributed by atoms with E-state index >= 15 is 0 Å². The van der Waals surface area contributed by atoms with E-state index in [1.165, 1.54) is 0 Å². The van der Waals surface area contributed by atoms with Crippen LogP contribution in [0.5, 0.6) is 0 Å². The highest BCUT2D eigenvalue weighted by molar-refractivity contribution is 6.54. The molecular formula is C19H25N3O2. The Morgan fingerprint density at radius 1 is 1.12 bits per heavy atom. The van der Waals surface area contributed by atoms with E-state index in [2.05, 4.69) is 24.8 Å². The zero-order chi connectivity index (χ0) is 17.4. The van der Waals surface area contributed by atoms with Crippen LogP contribution in [0, 0.1) is 0 Å². The first-order chi connectivity index (χ1) is 11.4. The third-order valence-electron chi connectivity index (χ3n) is 4.58. The number of hydrogen-bond donors (Lipinski definition) is 0. The van der Waals surface area contributed by atoms with Crippen molar-refractivity contribution in [3.63, 3.8) is 0 Å². The molecule has 1 aromatic rings. The Kier molecular flexibility index (Phi) is 4.54. The zero-order valence-electron chi connectivity index (χ0n) is 14.9. The molecule has 3 rings (SSSR count). The standard InChI is InChI=1S/C19H25N3O2/c1-12(2)19-20-15-13-8-5-6-9-14(13)17(23)18(24)16(15)22(19)11-7-10-21(3)4/h8-9,12H,5-7,10-11H2,1-4H3. The van der Waals surface area contributed by atoms with E-state index in [1.54, 1.807) is 0 Å². The lowest BCUT2D eigenvalue weighted by molar-refractivity contribution is -0.111. The maximum Gasteiger partial charge on any atom is 0.252 e. The Balaban J connectivity index is 2.09. The van der Waals surface area contributed by atoms with Gasteiger partial charge in [-0.15, -0.1) is 0 Å². The van der Waals surface area contributed by atoms with E-state index in [9.17, 15) is 9.59 Å². The molecule has 128 valence electrons. The summed E-state index contributed by atoms with van der Waals surface area (Å²) < 4.78 is 1.98. The smallest absolute Gasteiger partial charge is 0.252 e. The number of ketones is 2. The van der Waals surface area contributed by atoms with Crippen LogP contribution in [-0.4, -0.2) is 46.7 Å². The van der Waals surface area contributed by atoms with Crippen molar-refractivity contribution in [1.82, 2.24) is 14.5 Å². The first-order valence-electron chi connectivity index (χ1n) is 8.67. The number of Topliss-reactive ketones (excluding diaryl/α,β-unsaturated/α-hetero) is 2. The molecule has 0 N–H and O–H groups in total. The molecule has 5 heteroatoms. The van der Waals surface area contributed by atoms with Gasteiger partial charge in [-0.3, -0.25) is 9.59 Å². The fourth-order valence-corrected chi connectivity index (χ4v) is 3.44. The minimum absolute atomic E-state index is 0.203. The molecule has 0 fully saturated rings. The maximum atomic E-state index is 12.7. The second-order valence-electron chi connectivity index (χ2n) is 7.10. The Morgan fingerprint density at radius 2 is 1.79 bits per heavy atom. The van der Waals surface area contributed by atoms with Crippen molar-refractivity contribution >= 4 is 17.1 Å². The molecule has 2 aliphatic carbocycles. The molecule has 0 saturated carbocycles. The van der Waals surface area contributed by atoms with Gasteiger partial charge in [0.2, 0.25) is 5.78 Å². The largest absolute Gasteiger partial charge is 0.324 e. The van der Waals surface area contributed by atoms with Gasteiger partial charge in [0.25, 0.3) is 5.78 Å². The normalized spacial score (nSPS) is 17.1. The van der Waals surface area contributed by atoms with Gasteiger partial charge in [-0.1, -0.05) is 26.0 Å². The molecule has 1 heterocycles. The Hall–Kier alpha value is -2.01. The predicted octanol–water partition coefficient (Wildman–Crippen LogP) is 2.83. The number of hydrogen-bond acceptors (Lipinski definition) is 4. The minimum atomic E-state index is -0.403. The summed E-state index contributed by atoms with van der Waals surface area (Å²) in [6.07, 6.45) is 6.56. The number of imidazole rings is 1. The molecule has 0 aromatic carbocycles. The molecule has 0 radical (unpaired) electrons. The van der Waals surface area contributed by atoms with Crippen LogP contribution in [0.25, 0.3) is 5.57 Å². The van der Waals surface area contributed by atoms with Crippen molar-refractivity contribution in [1.29, 1.82) is 0 Å². The Labute approximate surface area is 143 Å². The predicted molar refractivity (Wildman–Crippen MR) is 94.1 cm³/mol. The fraction of sp³-hybridized carbons (Fsp3) is 0.526. The molecule has 5 nitrogen and oxygen atoms in total. The van der Waals surface area contributed by atoms with Crippen LogP contribution in [0.1, 0.15) is 61.0 Å². The van der Waals surface area contributed by atoms with E-state index in [0.29, 0.717) is 23.5 Å². The van der Waals surface area contributed by atoms with E-state index in [0.717, 1.165) is 37.2 Å². The highest BCUT2D eigenvalue weighted by atomic mass is 16.2. The molecule has 0 atom stereocenters. The summed E-state index contributed by atoms with van der Waals surface area (Å²) in [6.45, 7) is 5.79. The quantitative estimate of drug-likeness (QED) is 0.780. The number of rotatable bonds is 5. The van der Waals surface area contributed by atoms with E-state index in [1.807, 2.05) is 24.7 Å². The summed E-state index contributed by atoms with van der Waals surface area (Å²) in [4.78, 5) is 32.2. The lowest BCUT2D eigenvalue weighted by Gasteiger charge is -2.21. The van der Waals surface area contributed by atoms with Crippen LogP contribution in [0.4, 0.5) is 0 Å². The van der Waals surface area contributed by atoms with Crippen molar-refractivity contribution in [3.05, 3.63) is 34.9 Å². The molecule has 2 aliphatic rings. The fourth-order valence-electron chi connectivity index (χ4n) is 3.44. The maximum absolute atomic E-state index is 12.7. The monoisotopic (exact) mass is 327 g/mol. The average Bonchev–Trinajstić information content (AvgIpc) is 2.92. The lowest BCUT2D eigenvalue weighted by Crippen LogP contribution is -2.28. The van der Waals surface area contributed by atoms with Gasteiger partial charge in [-0.05, 0) is 39.9 Å². The second-order valence-corrected chi connectivity index (χ2v) is 7.10. The molecule has 0 unspecified atom stereocenters. The summed E-state index contributed by atoms with van der Waals surface area (Å²) in [5.74, 6) is 0.319. The van der Waals surface area contributed by atoms with Gasteiger partial charge in [0.05, 0.1) is 0 Å². The number of carbonyl (C=O) groups excluding carboxylic acids is 2. The summed E-state index contributed by atoms with van der Waals surface area (Å²) in [5.41, 5.74) is 2.60. The summed E-state index contributed by atoms with van der Waals surface area (Å²) in [7, 11) is 4.07. The van der Waals surface area contributed by atoms with Crippen molar-refractivity contribution in [3.8, 4) is 0 Å². The number of fused-ring (bicyclic) bond motifs is 3. The Bertz CT molecular complexity index is 751. The molecular weight excluding hydrogens is 302 g/mol. The van der Waals surface area contributed by atoms with Crippen LogP contribution < -0.4 is 0 Å². The van der Waals surface area contributed by atoms with Crippen molar-refractivity contribution in [2.24, 2.45) is 0 Å². The lowest BCUT2D eigenvalue weighted by atomic mass is 9.84. The Morgan fingerprint density at radius 3 is 2.42 bits per heavy atom. The molecule has 0 saturated heterocycles. The van der Waals surface area contributed by atoms with Crippen molar-refractivity contribution in [2.45, 2.75) is 45.6 Å². The topological polar surface area (TPSA) is 55.2 Å². The SMILES string of the molecule is CC(C)c1nc2c(n1CCCN(C)C)C(=O)C(=O)C1=CCCC=C12. The van der Waals surface area contributed by atoms with Crippen LogP contribution in [0.3, 0.4) is 0 Å². The van der Waals surface area contributed by atoms with Crippen LogP contribution in [0.2, 0.25) is 0 Å². The summed E-state index contributed by atoms with van der Waals surface area (Å²) in [5, 5.41) is 0. The second kappa shape index (κ2) is 6.48. The van der Waals surface area contributed by atoms with Gasteiger partial charge in [-0.25, -0.2) is 4.98 Å². The van der Waals surface area contributed by atoms with Gasteiger partial charge < -0.3 is 9.47 Å². The van der Waals surface area contributed by atoms with Crippen LogP contribution >= 0.6 is 0 Å². The highest BCUT2D eigenvalue weighted by Crippen LogP contribution is 2.37. The number of aromatic nitrogens is 2. The molecule has 0 spiro atoms. The third kappa shape index (κ3) is 2.77. The number of allylic oxidation sites excluding steroid dienone is 4. The average molecular weight is 327 g/mol. The molecule has 0 bridgehead atoms. The first-order valence-corrected chi connectivity index (χ1v) is 8.67. The zero-order valence-corrected chi connectivity index (χ0v) is 14.9. The van der Waals surface area contributed by atoms with E-state index < -0.39 is 5.78 Å². The van der Waals surface area contributed by atoms with Gasteiger partial charge >= 0.3 is 0 Å². The third-order valence-corrected chi connectivity index (χ3v) is 4.58. The molecule has 1 aromatic heterocycles. The summed E-state index contributed by atoms with van der Waals surface area (Å²) >= 11 is 0. The molecule has 0 amide bonds. The van der Waals surface area contributed by atoms with Gasteiger partial charge in [0, 0.05) is 23.6 Å². The van der Waals surface area contributed by atoms with Gasteiger partial charge in [-0.2, -0.15) is 0 Å². The van der Waals surface area contributed by atoms with Gasteiger partial charge in [0.15, 0.2) is 0 Å². The van der Waals surface area contributed by atoms with E-state index in [4.69, 9.17) is 4.98 Å². The minimum Gasteiger partial charge on any atom is -0.324 e. The van der Waals surface area contributed by atoms with Crippen LogP contribution in [0.15, 0.2) is 17.7 Å². The number of carbonyl (C=O) groups is 2. The van der Waals surface area contributed by atoms with Gasteiger partial charge in [0.1, 0.15) is 17.2 Å². The van der Waals surface area contributed by atoms with Crippen LogP contribution in [-0.2, 0) is 11.3 Å². The first kappa shape index (κ1) is 16.8. The number of nitrogens with zero attached hydrogens (tertiary/aromatic N) is 3. The highest BCUT2D eigenvalue weighted by Gasteiger charge is 2.38. The summed E-state index contributed by atoms with van der Waals surface area (Å²) in [6, 6.07) is 0.